The van der Waals surface area contributed by atoms with Crippen molar-refractivity contribution >= 4 is 0 Å². The van der Waals surface area contributed by atoms with Gasteiger partial charge < -0.3 is 5.73 Å². The van der Waals surface area contributed by atoms with Crippen LogP contribution >= 0.6 is 0 Å². The number of nitrogens with two attached hydrogens (primary N) is 1. The number of aromatic nitrogens is 1. The lowest BCUT2D eigenvalue weighted by Crippen LogP contribution is -2.14. The van der Waals surface area contributed by atoms with Crippen molar-refractivity contribution in [1.82, 2.24) is 4.98 Å². The highest BCUT2D eigenvalue weighted by molar-refractivity contribution is 5.14. The van der Waals surface area contributed by atoms with E-state index in [-0.39, 0.29) is 11.9 Å². The minimum atomic E-state index is -0.297. The van der Waals surface area contributed by atoms with E-state index in [0.717, 1.165) is 17.9 Å². The Bertz CT molecular complexity index is 321. The summed E-state index contributed by atoms with van der Waals surface area (Å²) in [6.45, 7) is 0. The number of pyridine rings is 1. The molecule has 2 N–H and O–H groups in total. The van der Waals surface area contributed by atoms with E-state index in [1.165, 1.54) is 37.9 Å². The maximum absolute atomic E-state index is 12.9. The van der Waals surface area contributed by atoms with Crippen LogP contribution < -0.4 is 5.73 Å². The van der Waals surface area contributed by atoms with E-state index in [2.05, 4.69) is 4.98 Å². The lowest BCUT2D eigenvalue weighted by Gasteiger charge is -2.16. The van der Waals surface area contributed by atoms with Gasteiger partial charge >= 0.3 is 0 Å². The molecule has 2 nitrogen and oxygen atoms in total. The van der Waals surface area contributed by atoms with E-state index >= 15 is 0 Å². The van der Waals surface area contributed by atoms with Crippen LogP contribution in [-0.4, -0.2) is 4.98 Å². The van der Waals surface area contributed by atoms with Crippen LogP contribution in [0, 0.1) is 11.7 Å². The van der Waals surface area contributed by atoms with Gasteiger partial charge in [0.25, 0.3) is 0 Å². The van der Waals surface area contributed by atoms with Gasteiger partial charge in [0.15, 0.2) is 0 Å². The predicted molar refractivity (Wildman–Crippen MR) is 57.7 cm³/mol. The summed E-state index contributed by atoms with van der Waals surface area (Å²) in [4.78, 5) is 3.82. The molecule has 1 aliphatic rings. The van der Waals surface area contributed by atoms with Crippen molar-refractivity contribution in [2.45, 2.75) is 38.1 Å². The van der Waals surface area contributed by atoms with Crippen molar-refractivity contribution in [3.05, 3.63) is 29.8 Å². The first kappa shape index (κ1) is 10.6. The molecule has 15 heavy (non-hydrogen) atoms. The lowest BCUT2D eigenvalue weighted by atomic mass is 9.95. The molecule has 1 aliphatic carbocycles. The van der Waals surface area contributed by atoms with Crippen LogP contribution in [0.15, 0.2) is 18.5 Å². The summed E-state index contributed by atoms with van der Waals surface area (Å²) >= 11 is 0. The van der Waals surface area contributed by atoms with Gasteiger partial charge in [0.1, 0.15) is 5.82 Å². The van der Waals surface area contributed by atoms with Crippen molar-refractivity contribution in [2.75, 3.05) is 0 Å². The molecule has 1 aromatic rings. The molecule has 0 radical (unpaired) electrons. The number of halogens is 1. The highest BCUT2D eigenvalue weighted by Gasteiger charge is 2.19. The molecule has 0 bridgehead atoms. The van der Waals surface area contributed by atoms with E-state index in [4.69, 9.17) is 5.73 Å². The normalized spacial score (nSPS) is 19.3. The van der Waals surface area contributed by atoms with E-state index in [0.29, 0.717) is 0 Å². The Labute approximate surface area is 89.7 Å². The van der Waals surface area contributed by atoms with Crippen molar-refractivity contribution < 1.29 is 4.39 Å². The fourth-order valence-corrected chi connectivity index (χ4v) is 2.37. The smallest absolute Gasteiger partial charge is 0.141 e. The molecule has 1 aromatic heterocycles. The van der Waals surface area contributed by atoms with E-state index in [1.807, 2.05) is 0 Å². The molecular weight excluding hydrogens is 191 g/mol. The van der Waals surface area contributed by atoms with Crippen molar-refractivity contribution in [2.24, 2.45) is 11.7 Å². The van der Waals surface area contributed by atoms with E-state index < -0.39 is 0 Å². The summed E-state index contributed by atoms with van der Waals surface area (Å²) in [5.74, 6) is 0.428. The summed E-state index contributed by atoms with van der Waals surface area (Å²) in [5, 5.41) is 0. The predicted octanol–water partition coefficient (Wildman–Crippen LogP) is 2.80. The third kappa shape index (κ3) is 2.75. The second-order valence-corrected chi connectivity index (χ2v) is 4.43. The maximum atomic E-state index is 12.9. The van der Waals surface area contributed by atoms with Crippen molar-refractivity contribution in [3.8, 4) is 0 Å². The van der Waals surface area contributed by atoms with Crippen LogP contribution in [0.2, 0.25) is 0 Å². The van der Waals surface area contributed by atoms with Crippen molar-refractivity contribution in [3.63, 3.8) is 0 Å². The van der Waals surface area contributed by atoms with Crippen LogP contribution in [0.3, 0.4) is 0 Å². The highest BCUT2D eigenvalue weighted by Crippen LogP contribution is 2.31. The zero-order valence-electron chi connectivity index (χ0n) is 8.82. The molecule has 2 rings (SSSR count). The molecule has 0 spiro atoms. The third-order valence-corrected chi connectivity index (χ3v) is 3.22. The summed E-state index contributed by atoms with van der Waals surface area (Å²) in [5.41, 5.74) is 6.86. The first-order chi connectivity index (χ1) is 7.25. The van der Waals surface area contributed by atoms with Gasteiger partial charge in [-0.05, 0) is 24.0 Å². The first-order valence-corrected chi connectivity index (χ1v) is 5.62. The topological polar surface area (TPSA) is 38.9 Å². The van der Waals surface area contributed by atoms with Crippen LogP contribution in [0.25, 0.3) is 0 Å². The second kappa shape index (κ2) is 4.71. The minimum Gasteiger partial charge on any atom is -0.324 e. The Morgan fingerprint density at radius 1 is 1.40 bits per heavy atom. The molecule has 3 heteroatoms. The number of hydrogen-bond acceptors (Lipinski definition) is 2. The molecular formula is C12H17FN2. The Kier molecular flexibility index (Phi) is 3.31. The summed E-state index contributed by atoms with van der Waals surface area (Å²) in [6.07, 6.45) is 9.03. The molecule has 1 atom stereocenters. The van der Waals surface area contributed by atoms with Crippen LogP contribution in [0.4, 0.5) is 4.39 Å². The lowest BCUT2D eigenvalue weighted by molar-refractivity contribution is 0.449. The van der Waals surface area contributed by atoms with Gasteiger partial charge in [-0.15, -0.1) is 0 Å². The van der Waals surface area contributed by atoms with Crippen molar-refractivity contribution in [1.29, 1.82) is 0 Å². The van der Waals surface area contributed by atoms with Crippen LogP contribution in [0.5, 0.6) is 0 Å². The zero-order chi connectivity index (χ0) is 10.7. The molecule has 1 unspecified atom stereocenters. The molecule has 0 saturated heterocycles. The van der Waals surface area contributed by atoms with Gasteiger partial charge in [-0.25, -0.2) is 4.39 Å². The summed E-state index contributed by atoms with van der Waals surface area (Å²) in [6, 6.07) is 1.43. The van der Waals surface area contributed by atoms with Gasteiger partial charge in [-0.1, -0.05) is 25.7 Å². The molecule has 1 heterocycles. The average molecular weight is 208 g/mol. The Balaban J connectivity index is 1.97. The number of hydrogen-bond donors (Lipinski definition) is 1. The molecule has 0 aromatic carbocycles. The Morgan fingerprint density at radius 2 is 2.13 bits per heavy atom. The fourth-order valence-electron chi connectivity index (χ4n) is 2.37. The van der Waals surface area contributed by atoms with Gasteiger partial charge in [0.05, 0.1) is 6.20 Å². The standard InChI is InChI=1S/C12H17FN2/c13-11-6-10(7-15-8-11)12(14)5-9-3-1-2-4-9/h6-9,12H,1-5,14H2. The maximum Gasteiger partial charge on any atom is 0.141 e. The molecule has 0 aliphatic heterocycles. The van der Waals surface area contributed by atoms with Gasteiger partial charge in [-0.2, -0.15) is 0 Å². The average Bonchev–Trinajstić information content (AvgIpc) is 2.70. The first-order valence-electron chi connectivity index (χ1n) is 5.62. The Hall–Kier alpha value is -0.960. The molecule has 82 valence electrons. The van der Waals surface area contributed by atoms with Gasteiger partial charge in [0, 0.05) is 12.2 Å². The fraction of sp³-hybridized carbons (Fsp3) is 0.583. The number of rotatable bonds is 3. The minimum absolute atomic E-state index is 0.0590. The number of nitrogens with zero attached hydrogens (tertiary/aromatic N) is 1. The summed E-state index contributed by atoms with van der Waals surface area (Å²) in [7, 11) is 0. The molecule has 1 saturated carbocycles. The molecule has 0 amide bonds. The summed E-state index contributed by atoms with van der Waals surface area (Å²) < 4.78 is 12.9. The second-order valence-electron chi connectivity index (χ2n) is 4.43. The zero-order valence-corrected chi connectivity index (χ0v) is 8.82. The van der Waals surface area contributed by atoms with Crippen LogP contribution in [-0.2, 0) is 0 Å². The Morgan fingerprint density at radius 3 is 2.80 bits per heavy atom. The SMILES string of the molecule is NC(CC1CCCC1)c1cncc(F)c1. The van der Waals surface area contributed by atoms with Gasteiger partial charge in [0.2, 0.25) is 0 Å². The van der Waals surface area contributed by atoms with Crippen LogP contribution in [0.1, 0.15) is 43.7 Å². The van der Waals surface area contributed by atoms with E-state index in [9.17, 15) is 4.39 Å². The molecule has 1 fully saturated rings. The van der Waals surface area contributed by atoms with E-state index in [1.54, 1.807) is 6.20 Å². The largest absolute Gasteiger partial charge is 0.324 e. The monoisotopic (exact) mass is 208 g/mol. The highest BCUT2D eigenvalue weighted by atomic mass is 19.1. The third-order valence-electron chi connectivity index (χ3n) is 3.22. The quantitative estimate of drug-likeness (QED) is 0.829. The van der Waals surface area contributed by atoms with Gasteiger partial charge in [-0.3, -0.25) is 4.98 Å².